The van der Waals surface area contributed by atoms with Crippen LogP contribution in [0, 0.1) is 17.1 Å². The minimum atomic E-state index is -4.92. The van der Waals surface area contributed by atoms with E-state index in [4.69, 9.17) is 0 Å². The second-order valence-corrected chi connectivity index (χ2v) is 14.0. The van der Waals surface area contributed by atoms with Crippen LogP contribution in [0.15, 0.2) is 40.5 Å². The molecule has 3 aliphatic rings. The molecule has 2 saturated heterocycles. The molecule has 2 aromatic heterocycles. The van der Waals surface area contributed by atoms with Crippen LogP contribution in [0.1, 0.15) is 24.0 Å². The number of fused-ring (bicyclic) bond motifs is 1. The summed E-state index contributed by atoms with van der Waals surface area (Å²) in [6.07, 6.45) is -2.75. The predicted octanol–water partition coefficient (Wildman–Crippen LogP) is 5.28. The number of nitriles is 1. The lowest BCUT2D eigenvalue weighted by atomic mass is 9.92. The van der Waals surface area contributed by atoms with Gasteiger partial charge in [0.25, 0.3) is 0 Å². The number of halogens is 4. The number of thioether (sulfide) groups is 1. The molecule has 0 bridgehead atoms. The maximum Gasteiger partial charge on any atom is 0.417 e. The first-order chi connectivity index (χ1) is 23.5. The van der Waals surface area contributed by atoms with E-state index in [1.54, 1.807) is 21.7 Å². The molecule has 16 heteroatoms. The summed E-state index contributed by atoms with van der Waals surface area (Å²) < 4.78 is 62.7. The van der Waals surface area contributed by atoms with Crippen LogP contribution in [-0.4, -0.2) is 82.7 Å². The number of amides is 2. The average molecular weight is 712 g/mol. The Morgan fingerprint density at radius 2 is 1.94 bits per heavy atom. The molecule has 1 N–H and O–H groups in total. The number of carbonyl (C=O) groups excluding carboxylic acids is 2. The maximum absolute atomic E-state index is 15.4. The Labute approximate surface area is 285 Å². The number of thiophene rings is 1. The molecule has 0 radical (unpaired) electrons. The van der Waals surface area contributed by atoms with Crippen molar-refractivity contribution in [1.82, 2.24) is 19.4 Å². The number of benzene rings is 2. The Balaban J connectivity index is 1.54. The Bertz CT molecular complexity index is 2170. The van der Waals surface area contributed by atoms with Gasteiger partial charge in [-0.25, -0.2) is 9.18 Å². The van der Waals surface area contributed by atoms with Crippen LogP contribution in [-0.2, 0) is 22.3 Å². The van der Waals surface area contributed by atoms with Crippen LogP contribution in [0.3, 0.4) is 0 Å². The van der Waals surface area contributed by atoms with Crippen molar-refractivity contribution in [3.63, 3.8) is 0 Å². The number of hydrogen-bond donors (Lipinski definition) is 1. The van der Waals surface area contributed by atoms with Crippen molar-refractivity contribution < 1.29 is 27.2 Å². The molecule has 3 aliphatic heterocycles. The number of likely N-dealkylation sites (tertiary alicyclic amines) is 1. The van der Waals surface area contributed by atoms with E-state index in [1.807, 2.05) is 6.07 Å². The lowest BCUT2D eigenvalue weighted by Crippen LogP contribution is -2.49. The molecule has 254 valence electrons. The van der Waals surface area contributed by atoms with Gasteiger partial charge in [-0.05, 0) is 30.2 Å². The van der Waals surface area contributed by atoms with E-state index in [0.29, 0.717) is 24.4 Å². The van der Waals surface area contributed by atoms with Crippen molar-refractivity contribution in [3.8, 4) is 17.2 Å². The Hall–Kier alpha value is -4.62. The second kappa shape index (κ2) is 12.4. The third-order valence-electron chi connectivity index (χ3n) is 9.33. The summed E-state index contributed by atoms with van der Waals surface area (Å²) in [5.41, 5.74) is -1.74. The van der Waals surface area contributed by atoms with Crippen LogP contribution in [0.5, 0.6) is 0 Å². The van der Waals surface area contributed by atoms with Gasteiger partial charge in [0, 0.05) is 79.7 Å². The summed E-state index contributed by atoms with van der Waals surface area (Å²) >= 11 is 2.04. The lowest BCUT2D eigenvalue weighted by molar-refractivity contribution is -0.137. The standard InChI is InChI=1S/C33H29F4N7O3S2/c1-3-23(45)41-9-11-42(12-10-41)30-19-13-21(33(35,36)37)26(18-6-7-22(34)28-25(18)20(14-38)31(39-2)49-28)29-27(19)44(32(47)40-30)15-17(16-48-29)43-8-4-5-24(43)46/h3,6-7,13,17,39H,1,4-5,8-12,15-16H2,2H3. The summed E-state index contributed by atoms with van der Waals surface area (Å²) in [6, 6.07) is 4.88. The zero-order valence-electron chi connectivity index (χ0n) is 26.2. The van der Waals surface area contributed by atoms with Gasteiger partial charge in [-0.2, -0.15) is 23.4 Å². The third-order valence-corrected chi connectivity index (χ3v) is 11.8. The lowest BCUT2D eigenvalue weighted by Gasteiger charge is -2.35. The van der Waals surface area contributed by atoms with Crippen LogP contribution >= 0.6 is 23.1 Å². The fourth-order valence-corrected chi connectivity index (χ4v) is 9.45. The summed E-state index contributed by atoms with van der Waals surface area (Å²) in [6.45, 7) is 4.93. The number of aromatic nitrogens is 2. The Morgan fingerprint density at radius 1 is 1.18 bits per heavy atom. The van der Waals surface area contributed by atoms with Crippen molar-refractivity contribution in [2.45, 2.75) is 36.5 Å². The number of carbonyl (C=O) groups is 2. The number of piperazine rings is 1. The minimum Gasteiger partial charge on any atom is -0.379 e. The van der Waals surface area contributed by atoms with Crippen molar-refractivity contribution in [2.24, 2.45) is 0 Å². The molecule has 4 aromatic rings. The van der Waals surface area contributed by atoms with Crippen molar-refractivity contribution >= 4 is 66.7 Å². The Kier molecular flexibility index (Phi) is 8.30. The molecule has 0 aliphatic carbocycles. The topological polar surface area (TPSA) is 115 Å². The van der Waals surface area contributed by atoms with E-state index < -0.39 is 29.3 Å². The largest absolute Gasteiger partial charge is 0.417 e. The second-order valence-electron chi connectivity index (χ2n) is 12.0. The molecular weight excluding hydrogens is 683 g/mol. The number of rotatable bonds is 5. The predicted molar refractivity (Wildman–Crippen MR) is 180 cm³/mol. The highest BCUT2D eigenvalue weighted by Crippen LogP contribution is 2.52. The van der Waals surface area contributed by atoms with E-state index in [1.165, 1.54) is 16.7 Å². The average Bonchev–Trinajstić information content (AvgIpc) is 3.63. The molecule has 2 amide bonds. The van der Waals surface area contributed by atoms with Crippen molar-refractivity contribution in [1.29, 1.82) is 5.26 Å². The zero-order chi connectivity index (χ0) is 34.8. The number of hydrogen-bond acceptors (Lipinski definition) is 9. The molecule has 2 fully saturated rings. The molecule has 5 heterocycles. The van der Waals surface area contributed by atoms with Gasteiger partial charge in [0.15, 0.2) is 0 Å². The Morgan fingerprint density at radius 3 is 2.57 bits per heavy atom. The van der Waals surface area contributed by atoms with E-state index in [9.17, 15) is 19.6 Å². The normalized spacial score (nSPS) is 18.2. The first-order valence-corrected chi connectivity index (χ1v) is 17.4. The zero-order valence-corrected chi connectivity index (χ0v) is 27.8. The highest BCUT2D eigenvalue weighted by Gasteiger charge is 2.40. The monoisotopic (exact) mass is 711 g/mol. The molecule has 0 spiro atoms. The molecule has 2 aromatic carbocycles. The molecule has 7 rings (SSSR count). The van der Waals surface area contributed by atoms with E-state index >= 15 is 17.6 Å². The van der Waals surface area contributed by atoms with Crippen LogP contribution in [0.25, 0.3) is 32.1 Å². The van der Waals surface area contributed by atoms with Gasteiger partial charge in [-0.1, -0.05) is 12.6 Å². The molecule has 10 nitrogen and oxygen atoms in total. The van der Waals surface area contributed by atoms with Gasteiger partial charge in [-0.15, -0.1) is 23.1 Å². The molecule has 1 atom stereocenters. The van der Waals surface area contributed by atoms with Crippen LogP contribution in [0.2, 0.25) is 0 Å². The first kappa shape index (κ1) is 32.9. The van der Waals surface area contributed by atoms with Gasteiger partial charge in [0.05, 0.1) is 27.4 Å². The van der Waals surface area contributed by atoms with Gasteiger partial charge in [0.1, 0.15) is 22.7 Å². The minimum absolute atomic E-state index is 0.00652. The number of anilines is 2. The quantitative estimate of drug-likeness (QED) is 0.220. The maximum atomic E-state index is 15.4. The summed E-state index contributed by atoms with van der Waals surface area (Å²) in [4.78, 5) is 48.5. The fourth-order valence-electron chi connectivity index (χ4n) is 7.05. The summed E-state index contributed by atoms with van der Waals surface area (Å²) in [7, 11) is 1.55. The number of alkyl halides is 3. The van der Waals surface area contributed by atoms with Crippen LogP contribution in [0.4, 0.5) is 28.4 Å². The van der Waals surface area contributed by atoms with E-state index in [-0.39, 0.29) is 98.7 Å². The van der Waals surface area contributed by atoms with Gasteiger partial charge < -0.3 is 20.0 Å². The van der Waals surface area contributed by atoms with Crippen molar-refractivity contribution in [2.75, 3.05) is 55.7 Å². The van der Waals surface area contributed by atoms with Crippen molar-refractivity contribution in [3.05, 3.63) is 58.3 Å². The summed E-state index contributed by atoms with van der Waals surface area (Å²) in [5, 5.41) is 13.4. The van der Waals surface area contributed by atoms with E-state index in [2.05, 4.69) is 16.9 Å². The molecule has 1 unspecified atom stereocenters. The SMILES string of the molecule is C=CC(=O)N1CCN(c2nc(=O)n3c4c(c(-c5ccc(F)c6sc(NC)c(C#N)c56)c(C(F)(F)F)cc24)SCC(N2CCCC2=O)C3)CC1. The smallest absolute Gasteiger partial charge is 0.379 e. The number of nitrogens with zero attached hydrogens (tertiary/aromatic N) is 6. The van der Waals surface area contributed by atoms with Crippen LogP contribution < -0.4 is 15.9 Å². The highest BCUT2D eigenvalue weighted by atomic mass is 32.2. The van der Waals surface area contributed by atoms with Gasteiger partial charge in [0.2, 0.25) is 11.8 Å². The summed E-state index contributed by atoms with van der Waals surface area (Å²) in [5.74, 6) is -0.799. The highest BCUT2D eigenvalue weighted by molar-refractivity contribution is 7.99. The molecule has 49 heavy (non-hydrogen) atoms. The number of nitrogens with one attached hydrogen (secondary N) is 1. The van der Waals surface area contributed by atoms with Gasteiger partial charge >= 0.3 is 11.9 Å². The first-order valence-electron chi connectivity index (χ1n) is 15.6. The molecule has 0 saturated carbocycles. The third kappa shape index (κ3) is 5.39. The fraction of sp³-hybridized carbons (Fsp3) is 0.364. The van der Waals surface area contributed by atoms with Gasteiger partial charge in [-0.3, -0.25) is 14.2 Å². The van der Waals surface area contributed by atoms with E-state index in [0.717, 1.165) is 35.2 Å². The molecular formula is C33H29F4N7O3S2.